The van der Waals surface area contributed by atoms with Crippen LogP contribution in [-0.2, 0) is 6.54 Å². The fraction of sp³-hybridized carbons (Fsp3) is 0.583. The molecule has 0 saturated carbocycles. The highest BCUT2D eigenvalue weighted by Crippen LogP contribution is 2.15. The van der Waals surface area contributed by atoms with Gasteiger partial charge in [0.2, 0.25) is 0 Å². The van der Waals surface area contributed by atoms with Crippen LogP contribution in [0.2, 0.25) is 0 Å². The molecule has 1 atom stereocenters. The van der Waals surface area contributed by atoms with Crippen molar-refractivity contribution in [3.8, 4) is 0 Å². The van der Waals surface area contributed by atoms with E-state index in [1.165, 1.54) is 0 Å². The lowest BCUT2D eigenvalue weighted by molar-refractivity contribution is 0.0904. The third kappa shape index (κ3) is 4.16. The molecule has 1 aromatic rings. The van der Waals surface area contributed by atoms with Gasteiger partial charge in [-0.05, 0) is 34.8 Å². The molecule has 1 unspecified atom stereocenters. The smallest absolute Gasteiger partial charge is 0.268 e. The number of amides is 1. The van der Waals surface area contributed by atoms with Crippen molar-refractivity contribution in [2.24, 2.45) is 0 Å². The predicted octanol–water partition coefficient (Wildman–Crippen LogP) is 2.16. The molecule has 0 aliphatic heterocycles. The van der Waals surface area contributed by atoms with Crippen molar-refractivity contribution in [2.75, 3.05) is 6.54 Å². The Labute approximate surface area is 110 Å². The van der Waals surface area contributed by atoms with Crippen molar-refractivity contribution >= 4 is 21.8 Å². The minimum atomic E-state index is -0.475. The monoisotopic (exact) mass is 302 g/mol. The summed E-state index contributed by atoms with van der Waals surface area (Å²) in [5, 5.41) is 12.1. The topological polar surface area (TPSA) is 54.3 Å². The second-order valence-corrected chi connectivity index (χ2v) is 4.92. The minimum absolute atomic E-state index is 0.142. The summed E-state index contributed by atoms with van der Waals surface area (Å²) in [6.07, 6.45) is 3.03. The number of hydrogen-bond donors (Lipinski definition) is 2. The van der Waals surface area contributed by atoms with Crippen molar-refractivity contribution in [3.63, 3.8) is 0 Å². The van der Waals surface area contributed by atoms with Crippen LogP contribution in [0.3, 0.4) is 0 Å². The molecule has 0 fully saturated rings. The highest BCUT2D eigenvalue weighted by molar-refractivity contribution is 9.10. The predicted molar refractivity (Wildman–Crippen MR) is 71.1 cm³/mol. The second kappa shape index (κ2) is 6.81. The van der Waals surface area contributed by atoms with E-state index in [0.29, 0.717) is 18.7 Å². The molecule has 0 bridgehead atoms. The third-order valence-corrected chi connectivity index (χ3v) is 2.96. The van der Waals surface area contributed by atoms with Gasteiger partial charge in [-0.3, -0.25) is 4.79 Å². The second-order valence-electron chi connectivity index (χ2n) is 4.01. The number of rotatable bonds is 6. The Morgan fingerprint density at radius 3 is 2.88 bits per heavy atom. The molecular weight excluding hydrogens is 284 g/mol. The van der Waals surface area contributed by atoms with Gasteiger partial charge in [0.1, 0.15) is 5.69 Å². The van der Waals surface area contributed by atoms with Gasteiger partial charge in [-0.2, -0.15) is 0 Å². The maximum absolute atomic E-state index is 11.9. The van der Waals surface area contributed by atoms with Gasteiger partial charge in [0, 0.05) is 23.8 Å². The Morgan fingerprint density at radius 1 is 1.59 bits per heavy atom. The summed E-state index contributed by atoms with van der Waals surface area (Å²) in [6.45, 7) is 5.05. The molecule has 5 heteroatoms. The maximum Gasteiger partial charge on any atom is 0.268 e. The molecule has 96 valence electrons. The lowest BCUT2D eigenvalue weighted by atomic mass is 10.3. The Morgan fingerprint density at radius 2 is 2.29 bits per heavy atom. The molecule has 0 radical (unpaired) electrons. The van der Waals surface area contributed by atoms with Crippen LogP contribution in [0.5, 0.6) is 0 Å². The number of nitrogens with zero attached hydrogens (tertiary/aromatic N) is 1. The fourth-order valence-corrected chi connectivity index (χ4v) is 2.00. The molecule has 4 nitrogen and oxygen atoms in total. The van der Waals surface area contributed by atoms with Gasteiger partial charge in [0.25, 0.3) is 5.91 Å². The van der Waals surface area contributed by atoms with E-state index in [1.807, 2.05) is 17.7 Å². The number of hydrogen-bond acceptors (Lipinski definition) is 2. The number of carbonyl (C=O) groups is 1. The normalized spacial score (nSPS) is 12.5. The zero-order chi connectivity index (χ0) is 12.8. The van der Waals surface area contributed by atoms with E-state index in [0.717, 1.165) is 17.4 Å². The molecule has 1 aromatic heterocycles. The van der Waals surface area contributed by atoms with E-state index in [4.69, 9.17) is 0 Å². The first kappa shape index (κ1) is 14.3. The first-order valence-corrected chi connectivity index (χ1v) is 6.69. The first-order chi connectivity index (χ1) is 8.08. The highest BCUT2D eigenvalue weighted by Gasteiger charge is 2.13. The maximum atomic E-state index is 11.9. The summed E-state index contributed by atoms with van der Waals surface area (Å²) in [5.41, 5.74) is 0.627. The molecule has 1 heterocycles. The van der Waals surface area contributed by atoms with Gasteiger partial charge >= 0.3 is 0 Å². The molecule has 1 amide bonds. The van der Waals surface area contributed by atoms with Gasteiger partial charge < -0.3 is 15.0 Å². The molecule has 0 aromatic carbocycles. The van der Waals surface area contributed by atoms with Gasteiger partial charge in [0.05, 0.1) is 6.10 Å². The van der Waals surface area contributed by atoms with Crippen LogP contribution in [0.4, 0.5) is 0 Å². The van der Waals surface area contributed by atoms with Gasteiger partial charge in [-0.15, -0.1) is 0 Å². The minimum Gasteiger partial charge on any atom is -0.391 e. The summed E-state index contributed by atoms with van der Waals surface area (Å²) in [6, 6.07) is 1.79. The van der Waals surface area contributed by atoms with Gasteiger partial charge in [0.15, 0.2) is 0 Å². The summed E-state index contributed by atoms with van der Waals surface area (Å²) in [7, 11) is 0. The molecule has 0 saturated heterocycles. The van der Waals surface area contributed by atoms with E-state index < -0.39 is 6.10 Å². The van der Waals surface area contributed by atoms with Crippen LogP contribution >= 0.6 is 15.9 Å². The SMILES string of the molecule is CCCn1cc(Br)cc1C(=O)NCC(O)CC. The standard InChI is InChI=1S/C12H19BrN2O2/c1-3-5-15-8-9(13)6-11(15)12(17)14-7-10(16)4-2/h6,8,10,16H,3-5,7H2,1-2H3,(H,14,17). The number of aliphatic hydroxyl groups excluding tert-OH is 1. The Balaban J connectivity index is 2.67. The number of aromatic nitrogens is 1. The van der Waals surface area contributed by atoms with E-state index in [2.05, 4.69) is 28.2 Å². The zero-order valence-electron chi connectivity index (χ0n) is 10.2. The van der Waals surface area contributed by atoms with Crippen LogP contribution in [0.15, 0.2) is 16.7 Å². The average molecular weight is 303 g/mol. The van der Waals surface area contributed by atoms with Crippen molar-refractivity contribution < 1.29 is 9.90 Å². The number of halogens is 1. The van der Waals surface area contributed by atoms with Crippen LogP contribution in [-0.4, -0.2) is 28.2 Å². The van der Waals surface area contributed by atoms with E-state index in [-0.39, 0.29) is 5.91 Å². The van der Waals surface area contributed by atoms with E-state index in [1.54, 1.807) is 6.07 Å². The van der Waals surface area contributed by atoms with Crippen LogP contribution < -0.4 is 5.32 Å². The lowest BCUT2D eigenvalue weighted by Gasteiger charge is -2.11. The number of carbonyl (C=O) groups excluding carboxylic acids is 1. The molecule has 1 rings (SSSR count). The van der Waals surface area contributed by atoms with Crippen LogP contribution in [0, 0.1) is 0 Å². The van der Waals surface area contributed by atoms with Crippen molar-refractivity contribution in [1.82, 2.24) is 9.88 Å². The molecule has 0 spiro atoms. The molecule has 17 heavy (non-hydrogen) atoms. The molecular formula is C12H19BrN2O2. The quantitative estimate of drug-likeness (QED) is 0.846. The van der Waals surface area contributed by atoms with Crippen LogP contribution in [0.1, 0.15) is 37.2 Å². The Bertz CT molecular complexity index is 377. The molecule has 0 aliphatic carbocycles. The van der Waals surface area contributed by atoms with Gasteiger partial charge in [-0.1, -0.05) is 13.8 Å². The van der Waals surface area contributed by atoms with Crippen molar-refractivity contribution in [2.45, 2.75) is 39.3 Å². The Hall–Kier alpha value is -0.810. The number of nitrogens with one attached hydrogen (secondary N) is 1. The summed E-state index contributed by atoms with van der Waals surface area (Å²) >= 11 is 3.36. The number of aryl methyl sites for hydroxylation is 1. The summed E-state index contributed by atoms with van der Waals surface area (Å²) in [4.78, 5) is 11.9. The van der Waals surface area contributed by atoms with Crippen molar-refractivity contribution in [1.29, 1.82) is 0 Å². The first-order valence-electron chi connectivity index (χ1n) is 5.90. The van der Waals surface area contributed by atoms with Crippen molar-refractivity contribution in [3.05, 3.63) is 22.4 Å². The average Bonchev–Trinajstić information content (AvgIpc) is 2.67. The molecule has 0 aliphatic rings. The number of aliphatic hydroxyl groups is 1. The Kier molecular flexibility index (Phi) is 5.71. The van der Waals surface area contributed by atoms with E-state index >= 15 is 0 Å². The van der Waals surface area contributed by atoms with Crippen LogP contribution in [0.25, 0.3) is 0 Å². The summed E-state index contributed by atoms with van der Waals surface area (Å²) < 4.78 is 2.81. The summed E-state index contributed by atoms with van der Waals surface area (Å²) in [5.74, 6) is -0.142. The van der Waals surface area contributed by atoms with Gasteiger partial charge in [-0.25, -0.2) is 0 Å². The zero-order valence-corrected chi connectivity index (χ0v) is 11.8. The van der Waals surface area contributed by atoms with E-state index in [9.17, 15) is 9.90 Å². The highest BCUT2D eigenvalue weighted by atomic mass is 79.9. The lowest BCUT2D eigenvalue weighted by Crippen LogP contribution is -2.32. The molecule has 2 N–H and O–H groups in total. The third-order valence-electron chi connectivity index (χ3n) is 2.53. The fourth-order valence-electron chi connectivity index (χ4n) is 1.54. The largest absolute Gasteiger partial charge is 0.391 e.